The Labute approximate surface area is 269 Å². The summed E-state index contributed by atoms with van der Waals surface area (Å²) >= 11 is 0. The molecule has 46 heavy (non-hydrogen) atoms. The topological polar surface area (TPSA) is 106 Å². The van der Waals surface area contributed by atoms with E-state index in [0.717, 1.165) is 30.9 Å². The van der Waals surface area contributed by atoms with Gasteiger partial charge in [0.1, 0.15) is 17.6 Å². The molecule has 6 rings (SSSR count). The lowest BCUT2D eigenvalue weighted by molar-refractivity contribution is 0.0922. The fourth-order valence-corrected chi connectivity index (χ4v) is 5.58. The molecule has 1 N–H and O–H groups in total. The lowest BCUT2D eigenvalue weighted by Gasteiger charge is -2.31. The number of carbonyl (C=O) groups excluding carboxylic acids is 2. The summed E-state index contributed by atoms with van der Waals surface area (Å²) in [5.41, 5.74) is 3.37. The number of aryl methyl sites for hydroxylation is 1. The van der Waals surface area contributed by atoms with E-state index in [1.54, 1.807) is 23.2 Å². The molecule has 0 aliphatic carbocycles. The van der Waals surface area contributed by atoms with E-state index >= 15 is 0 Å². The predicted molar refractivity (Wildman–Crippen MR) is 174 cm³/mol. The third kappa shape index (κ3) is 8.60. The Morgan fingerprint density at radius 3 is 2.15 bits per heavy atom. The molecule has 0 saturated carbocycles. The van der Waals surface area contributed by atoms with Gasteiger partial charge in [-0.3, -0.25) is 9.69 Å². The monoisotopic (exact) mass is 621 g/mol. The van der Waals surface area contributed by atoms with Crippen LogP contribution in [0.2, 0.25) is 0 Å². The molecule has 2 amide bonds. The van der Waals surface area contributed by atoms with Gasteiger partial charge in [0, 0.05) is 56.4 Å². The summed E-state index contributed by atoms with van der Waals surface area (Å²) < 4.78 is 17.4. The largest absolute Gasteiger partial charge is 0.490 e. The minimum atomic E-state index is -0.460. The highest BCUT2D eigenvalue weighted by molar-refractivity contribution is 6.04. The number of aromatic nitrogens is 2. The Hall–Kier alpha value is -4.96. The maximum atomic E-state index is 12.8. The molecule has 4 aromatic rings. The molecular weight excluding hydrogens is 582 g/mol. The van der Waals surface area contributed by atoms with Gasteiger partial charge in [0.05, 0.1) is 11.9 Å². The van der Waals surface area contributed by atoms with Crippen LogP contribution in [0.25, 0.3) is 0 Å². The third-order valence-electron chi connectivity index (χ3n) is 8.19. The van der Waals surface area contributed by atoms with E-state index in [1.807, 2.05) is 67.6 Å². The second kappa shape index (κ2) is 14.9. The molecule has 2 aliphatic heterocycles. The molecule has 2 aromatic carbocycles. The van der Waals surface area contributed by atoms with Gasteiger partial charge in [-0.2, -0.15) is 0 Å². The number of amides is 2. The number of carbonyl (C=O) groups is 2. The molecule has 2 fully saturated rings. The summed E-state index contributed by atoms with van der Waals surface area (Å²) in [4.78, 5) is 38.1. The molecule has 2 saturated heterocycles. The van der Waals surface area contributed by atoms with Crippen molar-refractivity contribution >= 4 is 17.7 Å². The predicted octanol–water partition coefficient (Wildman–Crippen LogP) is 6.86. The van der Waals surface area contributed by atoms with Crippen LogP contribution in [0.4, 0.5) is 10.5 Å². The maximum Gasteiger partial charge on any atom is 0.416 e. The quantitative estimate of drug-likeness (QED) is 0.216. The van der Waals surface area contributed by atoms with E-state index in [2.05, 4.69) is 20.2 Å². The highest BCUT2D eigenvalue weighted by atomic mass is 16.6. The number of piperidine rings is 2. The number of ether oxygens (including phenoxy) is 3. The number of likely N-dealkylation sites (tertiary alicyclic amines) is 2. The fourth-order valence-electron chi connectivity index (χ4n) is 5.58. The SMILES string of the molecule is Cc1ccc(Oc2ccc(OC3CCN(C(=O)Oc4ccc(NC(=O)c5ccc(CN6CCCCC6)cc5)cn4)CC3)cc2)nc1. The first-order valence-electron chi connectivity index (χ1n) is 15.9. The van der Waals surface area contributed by atoms with Crippen LogP contribution in [0, 0.1) is 6.92 Å². The number of nitrogens with one attached hydrogen (secondary N) is 1. The molecule has 4 heterocycles. The molecule has 0 spiro atoms. The Bertz CT molecular complexity index is 1580. The van der Waals surface area contributed by atoms with Crippen molar-refractivity contribution in [2.75, 3.05) is 31.5 Å². The van der Waals surface area contributed by atoms with Crippen molar-refractivity contribution in [2.24, 2.45) is 0 Å². The van der Waals surface area contributed by atoms with Crippen molar-refractivity contribution in [1.82, 2.24) is 19.8 Å². The van der Waals surface area contributed by atoms with Gasteiger partial charge in [0.25, 0.3) is 5.91 Å². The van der Waals surface area contributed by atoms with Gasteiger partial charge in [-0.15, -0.1) is 0 Å². The van der Waals surface area contributed by atoms with Gasteiger partial charge < -0.3 is 24.4 Å². The van der Waals surface area contributed by atoms with E-state index in [1.165, 1.54) is 31.0 Å². The summed E-state index contributed by atoms with van der Waals surface area (Å²) in [5.74, 6) is 1.91. The first-order chi connectivity index (χ1) is 22.5. The van der Waals surface area contributed by atoms with Gasteiger partial charge in [0.2, 0.25) is 11.8 Å². The summed E-state index contributed by atoms with van der Waals surface area (Å²) in [7, 11) is 0. The number of nitrogens with zero attached hydrogens (tertiary/aromatic N) is 4. The van der Waals surface area contributed by atoms with Crippen LogP contribution in [0.3, 0.4) is 0 Å². The maximum absolute atomic E-state index is 12.8. The molecule has 0 radical (unpaired) electrons. The van der Waals surface area contributed by atoms with Crippen molar-refractivity contribution in [1.29, 1.82) is 0 Å². The number of anilines is 1. The van der Waals surface area contributed by atoms with Crippen LogP contribution >= 0.6 is 0 Å². The zero-order valence-electron chi connectivity index (χ0n) is 26.1. The van der Waals surface area contributed by atoms with Crippen molar-refractivity contribution in [3.63, 3.8) is 0 Å². The molecule has 10 nitrogen and oxygen atoms in total. The lowest BCUT2D eigenvalue weighted by atomic mass is 10.1. The normalized spacial score (nSPS) is 15.6. The Morgan fingerprint density at radius 2 is 1.48 bits per heavy atom. The van der Waals surface area contributed by atoms with E-state index in [0.29, 0.717) is 48.8 Å². The molecule has 2 aromatic heterocycles. The zero-order chi connectivity index (χ0) is 31.7. The van der Waals surface area contributed by atoms with Crippen LogP contribution in [0.15, 0.2) is 85.2 Å². The van der Waals surface area contributed by atoms with Gasteiger partial charge in [-0.05, 0) is 86.4 Å². The highest BCUT2D eigenvalue weighted by Gasteiger charge is 2.25. The average molecular weight is 622 g/mol. The van der Waals surface area contributed by atoms with Gasteiger partial charge in [-0.1, -0.05) is 24.6 Å². The molecule has 238 valence electrons. The first kappa shape index (κ1) is 31.0. The van der Waals surface area contributed by atoms with E-state index in [9.17, 15) is 9.59 Å². The number of hydrogen-bond acceptors (Lipinski definition) is 8. The van der Waals surface area contributed by atoms with E-state index in [-0.39, 0.29) is 17.9 Å². The van der Waals surface area contributed by atoms with E-state index < -0.39 is 6.09 Å². The fraction of sp³-hybridized carbons (Fsp3) is 0.333. The second-order valence-corrected chi connectivity index (χ2v) is 11.8. The van der Waals surface area contributed by atoms with Crippen LogP contribution < -0.4 is 19.5 Å². The minimum absolute atomic E-state index is 0.0125. The molecular formula is C36H39N5O5. The smallest absolute Gasteiger partial charge is 0.416 e. The Balaban J connectivity index is 0.917. The second-order valence-electron chi connectivity index (χ2n) is 11.8. The first-order valence-corrected chi connectivity index (χ1v) is 15.9. The standard InChI is InChI=1S/C36H39N5O5/c1-26-5-15-33(37-23-26)45-31-13-11-30(12-14-31)44-32-17-21-41(22-18-32)36(43)46-34-16-10-29(24-38-34)39-35(42)28-8-6-27(7-9-28)25-40-19-3-2-4-20-40/h5-16,23-24,32H,2-4,17-22,25H2,1H3,(H,39,42). The van der Waals surface area contributed by atoms with Gasteiger partial charge in [0.15, 0.2) is 0 Å². The van der Waals surface area contributed by atoms with Crippen molar-refractivity contribution < 1.29 is 23.8 Å². The summed E-state index contributed by atoms with van der Waals surface area (Å²) in [6.07, 6.45) is 7.95. The van der Waals surface area contributed by atoms with Gasteiger partial charge in [-0.25, -0.2) is 14.8 Å². The molecule has 0 atom stereocenters. The molecule has 0 bridgehead atoms. The van der Waals surface area contributed by atoms with Crippen molar-refractivity contribution in [3.8, 4) is 23.3 Å². The number of benzene rings is 2. The lowest BCUT2D eigenvalue weighted by Crippen LogP contribution is -2.43. The van der Waals surface area contributed by atoms with Crippen LogP contribution in [-0.2, 0) is 6.54 Å². The number of rotatable bonds is 9. The zero-order valence-corrected chi connectivity index (χ0v) is 26.1. The summed E-state index contributed by atoms with van der Waals surface area (Å²) in [6, 6.07) is 22.2. The van der Waals surface area contributed by atoms with E-state index in [4.69, 9.17) is 14.2 Å². The van der Waals surface area contributed by atoms with Crippen LogP contribution in [0.1, 0.15) is 53.6 Å². The van der Waals surface area contributed by atoms with Crippen molar-refractivity contribution in [3.05, 3.63) is 102 Å². The van der Waals surface area contributed by atoms with Crippen LogP contribution in [-0.4, -0.2) is 64.1 Å². The van der Waals surface area contributed by atoms with Crippen LogP contribution in [0.5, 0.6) is 23.3 Å². The van der Waals surface area contributed by atoms with Crippen molar-refractivity contribution in [2.45, 2.75) is 51.7 Å². The minimum Gasteiger partial charge on any atom is -0.490 e. The Kier molecular flexibility index (Phi) is 10.0. The third-order valence-corrected chi connectivity index (χ3v) is 8.19. The van der Waals surface area contributed by atoms with Gasteiger partial charge >= 0.3 is 6.09 Å². The highest BCUT2D eigenvalue weighted by Crippen LogP contribution is 2.25. The molecule has 0 unspecified atom stereocenters. The summed E-state index contributed by atoms with van der Waals surface area (Å²) in [6.45, 7) is 6.18. The summed E-state index contributed by atoms with van der Waals surface area (Å²) in [5, 5.41) is 2.86. The molecule has 10 heteroatoms. The number of hydrogen-bond donors (Lipinski definition) is 1. The molecule has 2 aliphatic rings. The Morgan fingerprint density at radius 1 is 0.783 bits per heavy atom. The number of pyridine rings is 2. The average Bonchev–Trinajstić information content (AvgIpc) is 3.08.